The molecule has 0 spiro atoms. The number of hydrogen-bond acceptors (Lipinski definition) is 6. The number of morpholine rings is 1. The topological polar surface area (TPSA) is 73.1 Å². The first-order valence-corrected chi connectivity index (χ1v) is 14.5. The standard InChI is InChI=1S/C28H29N3O4S2/c1-34-25-11-9-24(10-12-25)29-28-31(16-15-22-5-3-2-4-6-22)27(21-36-28)23-7-13-26(14-8-23)37(32,33)30-17-19-35-20-18-30/h2-14,21H,15-20H2,1H3. The molecule has 9 heteroatoms. The van der Waals surface area contributed by atoms with Gasteiger partial charge >= 0.3 is 0 Å². The summed E-state index contributed by atoms with van der Waals surface area (Å²) >= 11 is 1.57. The van der Waals surface area contributed by atoms with E-state index in [2.05, 4.69) is 22.1 Å². The first kappa shape index (κ1) is 25.4. The molecule has 1 fully saturated rings. The van der Waals surface area contributed by atoms with E-state index in [0.29, 0.717) is 31.2 Å². The quantitative estimate of drug-likeness (QED) is 0.327. The van der Waals surface area contributed by atoms with Gasteiger partial charge in [0, 0.05) is 25.0 Å². The summed E-state index contributed by atoms with van der Waals surface area (Å²) in [5.74, 6) is 0.787. The van der Waals surface area contributed by atoms with E-state index in [1.165, 1.54) is 9.87 Å². The van der Waals surface area contributed by atoms with Crippen molar-refractivity contribution >= 4 is 27.0 Å². The van der Waals surface area contributed by atoms with Crippen molar-refractivity contribution in [2.24, 2.45) is 4.99 Å². The van der Waals surface area contributed by atoms with Crippen LogP contribution in [0, 0.1) is 0 Å². The van der Waals surface area contributed by atoms with Gasteiger partial charge in [0.05, 0.1) is 36.6 Å². The summed E-state index contributed by atoms with van der Waals surface area (Å²) in [5, 5.41) is 2.08. The number of aromatic nitrogens is 1. The van der Waals surface area contributed by atoms with Crippen molar-refractivity contribution in [1.82, 2.24) is 8.87 Å². The number of rotatable bonds is 8. The molecule has 1 saturated heterocycles. The van der Waals surface area contributed by atoms with Gasteiger partial charge in [-0.05, 0) is 53.9 Å². The van der Waals surface area contributed by atoms with Crippen molar-refractivity contribution in [2.75, 3.05) is 33.4 Å². The van der Waals surface area contributed by atoms with Gasteiger partial charge in [0.1, 0.15) is 5.75 Å². The Hall–Kier alpha value is -3.24. The van der Waals surface area contributed by atoms with Crippen LogP contribution in [-0.4, -0.2) is 50.7 Å². The molecule has 1 aliphatic rings. The predicted octanol–water partition coefficient (Wildman–Crippen LogP) is 4.72. The fraction of sp³-hybridized carbons (Fsp3) is 0.250. The van der Waals surface area contributed by atoms with Crippen molar-refractivity contribution in [3.63, 3.8) is 0 Å². The van der Waals surface area contributed by atoms with Crippen molar-refractivity contribution in [1.29, 1.82) is 0 Å². The minimum absolute atomic E-state index is 0.298. The molecular formula is C28H29N3O4S2. The largest absolute Gasteiger partial charge is 0.497 e. The van der Waals surface area contributed by atoms with Gasteiger partial charge in [-0.1, -0.05) is 42.5 Å². The second-order valence-corrected chi connectivity index (χ2v) is 11.4. The van der Waals surface area contributed by atoms with Crippen LogP contribution in [0.15, 0.2) is 94.1 Å². The highest BCUT2D eigenvalue weighted by atomic mass is 32.2. The fourth-order valence-electron chi connectivity index (χ4n) is 4.25. The first-order valence-electron chi connectivity index (χ1n) is 12.1. The van der Waals surface area contributed by atoms with Crippen LogP contribution in [-0.2, 0) is 27.7 Å². The number of aryl methyl sites for hydroxylation is 1. The number of nitrogens with zero attached hydrogens (tertiary/aromatic N) is 3. The van der Waals surface area contributed by atoms with E-state index in [0.717, 1.165) is 40.5 Å². The van der Waals surface area contributed by atoms with E-state index < -0.39 is 10.0 Å². The molecule has 0 amide bonds. The van der Waals surface area contributed by atoms with E-state index in [-0.39, 0.29) is 0 Å². The minimum Gasteiger partial charge on any atom is -0.497 e. The molecule has 4 aromatic rings. The number of ether oxygens (including phenoxy) is 2. The average Bonchev–Trinajstić information content (AvgIpc) is 3.35. The number of hydrogen-bond donors (Lipinski definition) is 0. The zero-order valence-electron chi connectivity index (χ0n) is 20.6. The molecule has 1 aliphatic heterocycles. The van der Waals surface area contributed by atoms with Crippen molar-refractivity contribution < 1.29 is 17.9 Å². The van der Waals surface area contributed by atoms with Crippen LogP contribution in [0.2, 0.25) is 0 Å². The minimum atomic E-state index is -3.54. The molecule has 7 nitrogen and oxygen atoms in total. The third-order valence-electron chi connectivity index (χ3n) is 6.32. The molecule has 0 unspecified atom stereocenters. The fourth-order valence-corrected chi connectivity index (χ4v) is 6.62. The van der Waals surface area contributed by atoms with Gasteiger partial charge in [-0.25, -0.2) is 13.4 Å². The van der Waals surface area contributed by atoms with Gasteiger partial charge in [0.2, 0.25) is 10.0 Å². The van der Waals surface area contributed by atoms with Gasteiger partial charge in [0.15, 0.2) is 4.80 Å². The normalized spacial score (nSPS) is 15.1. The third-order valence-corrected chi connectivity index (χ3v) is 9.10. The molecule has 0 saturated carbocycles. The van der Waals surface area contributed by atoms with Crippen LogP contribution in [0.1, 0.15) is 5.56 Å². The first-order chi connectivity index (χ1) is 18.0. The van der Waals surface area contributed by atoms with Crippen LogP contribution in [0.4, 0.5) is 5.69 Å². The van der Waals surface area contributed by atoms with Gasteiger partial charge < -0.3 is 14.0 Å². The maximum Gasteiger partial charge on any atom is 0.243 e. The summed E-state index contributed by atoms with van der Waals surface area (Å²) in [4.78, 5) is 6.08. The number of thiazole rings is 1. The van der Waals surface area contributed by atoms with E-state index in [1.54, 1.807) is 30.6 Å². The predicted molar refractivity (Wildman–Crippen MR) is 146 cm³/mol. The highest BCUT2D eigenvalue weighted by Crippen LogP contribution is 2.25. The highest BCUT2D eigenvalue weighted by Gasteiger charge is 2.26. The zero-order valence-corrected chi connectivity index (χ0v) is 22.2. The SMILES string of the molecule is COc1ccc(N=c2scc(-c3ccc(S(=O)(=O)N4CCOCC4)cc3)n2CCc2ccccc2)cc1. The molecule has 0 aliphatic carbocycles. The van der Waals surface area contributed by atoms with E-state index in [9.17, 15) is 8.42 Å². The van der Waals surface area contributed by atoms with Gasteiger partial charge in [-0.3, -0.25) is 0 Å². The van der Waals surface area contributed by atoms with Crippen LogP contribution in [0.5, 0.6) is 5.75 Å². The van der Waals surface area contributed by atoms with Crippen LogP contribution < -0.4 is 9.54 Å². The van der Waals surface area contributed by atoms with Crippen LogP contribution in [0.3, 0.4) is 0 Å². The van der Waals surface area contributed by atoms with E-state index >= 15 is 0 Å². The molecule has 37 heavy (non-hydrogen) atoms. The Morgan fingerprint density at radius 2 is 1.65 bits per heavy atom. The van der Waals surface area contributed by atoms with Gasteiger partial charge in [0.25, 0.3) is 0 Å². The second-order valence-electron chi connectivity index (χ2n) is 8.64. The Labute approximate surface area is 221 Å². The molecule has 1 aromatic heterocycles. The molecule has 0 N–H and O–H groups in total. The Morgan fingerprint density at radius 1 is 0.946 bits per heavy atom. The Kier molecular flexibility index (Phi) is 7.85. The third kappa shape index (κ3) is 5.86. The van der Waals surface area contributed by atoms with Gasteiger partial charge in [-0.2, -0.15) is 4.31 Å². The summed E-state index contributed by atoms with van der Waals surface area (Å²) in [6, 6.07) is 25.2. The molecule has 5 rings (SSSR count). The lowest BCUT2D eigenvalue weighted by molar-refractivity contribution is 0.0730. The summed E-state index contributed by atoms with van der Waals surface area (Å²) < 4.78 is 40.4. The Bertz CT molecular complexity index is 1490. The van der Waals surface area contributed by atoms with Crippen molar-refractivity contribution in [2.45, 2.75) is 17.9 Å². The number of methoxy groups -OCH3 is 1. The molecular weight excluding hydrogens is 506 g/mol. The lowest BCUT2D eigenvalue weighted by atomic mass is 10.1. The zero-order chi connectivity index (χ0) is 25.7. The van der Waals surface area contributed by atoms with E-state index in [1.807, 2.05) is 54.6 Å². The smallest absolute Gasteiger partial charge is 0.243 e. The summed E-state index contributed by atoms with van der Waals surface area (Å²) in [5.41, 5.74) is 4.04. The monoisotopic (exact) mass is 535 g/mol. The molecule has 2 heterocycles. The maximum atomic E-state index is 13.1. The molecule has 192 valence electrons. The lowest BCUT2D eigenvalue weighted by Gasteiger charge is -2.26. The summed E-state index contributed by atoms with van der Waals surface area (Å²) in [6.07, 6.45) is 0.851. The summed E-state index contributed by atoms with van der Waals surface area (Å²) in [7, 11) is -1.89. The molecule has 0 atom stereocenters. The van der Waals surface area contributed by atoms with Crippen LogP contribution >= 0.6 is 11.3 Å². The lowest BCUT2D eigenvalue weighted by Crippen LogP contribution is -2.40. The van der Waals surface area contributed by atoms with E-state index in [4.69, 9.17) is 14.5 Å². The molecule has 0 radical (unpaired) electrons. The number of sulfonamides is 1. The van der Waals surface area contributed by atoms with Crippen molar-refractivity contribution in [3.05, 3.63) is 94.6 Å². The van der Waals surface area contributed by atoms with Crippen molar-refractivity contribution in [3.8, 4) is 17.0 Å². The highest BCUT2D eigenvalue weighted by molar-refractivity contribution is 7.89. The Balaban J connectivity index is 1.48. The average molecular weight is 536 g/mol. The number of benzene rings is 3. The second kappa shape index (κ2) is 11.4. The van der Waals surface area contributed by atoms with Gasteiger partial charge in [-0.15, -0.1) is 11.3 Å². The summed E-state index contributed by atoms with van der Waals surface area (Å²) in [6.45, 7) is 2.35. The molecule has 3 aromatic carbocycles. The maximum absolute atomic E-state index is 13.1. The Morgan fingerprint density at radius 3 is 2.32 bits per heavy atom. The molecule has 0 bridgehead atoms. The van der Waals surface area contributed by atoms with Crippen LogP contribution in [0.25, 0.3) is 11.3 Å².